The van der Waals surface area contributed by atoms with Crippen LogP contribution in [0.4, 0.5) is 0 Å². The zero-order valence-corrected chi connectivity index (χ0v) is 11.5. The van der Waals surface area contributed by atoms with Crippen molar-refractivity contribution in [2.24, 2.45) is 0 Å². The molecule has 1 N–H and O–H groups in total. The zero-order chi connectivity index (χ0) is 13.6. The molecule has 0 saturated carbocycles. The second kappa shape index (κ2) is 6.50. The number of hydrogen-bond donors (Lipinski definition) is 1. The van der Waals surface area contributed by atoms with E-state index in [1.165, 1.54) is 0 Å². The van der Waals surface area contributed by atoms with E-state index in [4.69, 9.17) is 17.5 Å². The lowest BCUT2D eigenvalue weighted by atomic mass is 10.4. The quantitative estimate of drug-likeness (QED) is 0.528. The van der Waals surface area contributed by atoms with Gasteiger partial charge in [0.1, 0.15) is 0 Å². The zero-order valence-electron chi connectivity index (χ0n) is 9.87. The van der Waals surface area contributed by atoms with E-state index in [1.807, 2.05) is 21.1 Å². The maximum Gasteiger partial charge on any atom is 0.265 e. The van der Waals surface area contributed by atoms with Crippen LogP contribution in [-0.2, 0) is 20.2 Å². The molecule has 16 heavy (non-hydrogen) atoms. The molecule has 0 bridgehead atoms. The summed E-state index contributed by atoms with van der Waals surface area (Å²) in [5.74, 6) is -0.136. The van der Waals surface area contributed by atoms with E-state index in [9.17, 15) is 8.42 Å². The van der Waals surface area contributed by atoms with Gasteiger partial charge in [0.05, 0.1) is 43.6 Å². The third kappa shape index (κ3) is 37.2. The first kappa shape index (κ1) is 18.2. The molecular weight excluding hydrogens is 258 g/mol. The molecule has 0 aromatic rings. The van der Waals surface area contributed by atoms with Crippen LogP contribution in [0.5, 0.6) is 0 Å². The fraction of sp³-hybridized carbons (Fsp3) is 1.00. The Morgan fingerprint density at radius 3 is 1.62 bits per heavy atom. The minimum Gasteiger partial charge on any atom is -0.748 e. The van der Waals surface area contributed by atoms with Gasteiger partial charge >= 0.3 is 0 Å². The maximum absolute atomic E-state index is 10.3. The van der Waals surface area contributed by atoms with Gasteiger partial charge in [-0.2, -0.15) is 8.42 Å². The van der Waals surface area contributed by atoms with E-state index in [2.05, 4.69) is 0 Å². The molecule has 7 nitrogen and oxygen atoms in total. The first-order valence-corrected chi connectivity index (χ1v) is 7.80. The van der Waals surface area contributed by atoms with E-state index < -0.39 is 20.2 Å². The van der Waals surface area contributed by atoms with Gasteiger partial charge in [-0.3, -0.25) is 4.55 Å². The van der Waals surface area contributed by atoms with Crippen molar-refractivity contribution in [1.29, 1.82) is 0 Å². The monoisotopic (exact) mass is 277 g/mol. The van der Waals surface area contributed by atoms with E-state index in [1.54, 1.807) is 0 Å². The second-order valence-electron chi connectivity index (χ2n) is 4.36. The predicted octanol–water partition coefficient (Wildman–Crippen LogP) is -0.868. The van der Waals surface area contributed by atoms with Crippen LogP contribution in [0, 0.1) is 0 Å². The van der Waals surface area contributed by atoms with Crippen LogP contribution in [-0.4, -0.2) is 70.1 Å². The summed E-state index contributed by atoms with van der Waals surface area (Å²) in [6.07, 6.45) is 1.11. The van der Waals surface area contributed by atoms with Gasteiger partial charge in [-0.15, -0.1) is 0 Å². The van der Waals surface area contributed by atoms with Crippen molar-refractivity contribution in [2.45, 2.75) is 6.42 Å². The fourth-order valence-electron chi connectivity index (χ4n) is 0.721. The highest BCUT2D eigenvalue weighted by Crippen LogP contribution is 1.95. The summed E-state index contributed by atoms with van der Waals surface area (Å²) in [6, 6.07) is 0. The smallest absolute Gasteiger partial charge is 0.265 e. The fourth-order valence-corrected chi connectivity index (χ4v) is 1.22. The van der Waals surface area contributed by atoms with Crippen molar-refractivity contribution in [1.82, 2.24) is 0 Å². The van der Waals surface area contributed by atoms with Gasteiger partial charge in [0.25, 0.3) is 10.1 Å². The summed E-state index contributed by atoms with van der Waals surface area (Å²) >= 11 is 0. The summed E-state index contributed by atoms with van der Waals surface area (Å²) in [5, 5.41) is 0. The molecule has 0 spiro atoms. The van der Waals surface area contributed by atoms with Crippen LogP contribution in [0.15, 0.2) is 0 Å². The minimum absolute atomic E-state index is 0.136. The van der Waals surface area contributed by atoms with Crippen molar-refractivity contribution in [3.8, 4) is 0 Å². The topological polar surface area (TPSA) is 112 Å². The second-order valence-corrected chi connectivity index (χ2v) is 7.34. The van der Waals surface area contributed by atoms with E-state index in [0.717, 1.165) is 11.0 Å². The van der Waals surface area contributed by atoms with Crippen molar-refractivity contribution in [2.75, 3.05) is 39.7 Å². The number of quaternary nitrogens is 1. The highest BCUT2D eigenvalue weighted by atomic mass is 32.2. The van der Waals surface area contributed by atoms with E-state index in [-0.39, 0.29) is 5.75 Å². The van der Waals surface area contributed by atoms with Crippen LogP contribution >= 0.6 is 0 Å². The van der Waals surface area contributed by atoms with Gasteiger partial charge in [0.2, 0.25) is 0 Å². The van der Waals surface area contributed by atoms with Crippen molar-refractivity contribution < 1.29 is 30.4 Å². The average molecular weight is 277 g/mol. The first-order valence-electron chi connectivity index (χ1n) is 4.37. The molecule has 0 fully saturated rings. The Morgan fingerprint density at radius 1 is 1.12 bits per heavy atom. The predicted molar refractivity (Wildman–Crippen MR) is 59.6 cm³/mol. The standard InChI is InChI=1S/C6H15NO3S.CH4O3S/c1-7(2,3)5-4-6-11(8,9)10;1-5(2,3)4/h4-6H2,1-3H3;1H3,(H,2,3,4). The molecule has 100 valence electrons. The molecule has 0 radical (unpaired) electrons. The molecule has 0 amide bonds. The molecule has 0 saturated heterocycles. The van der Waals surface area contributed by atoms with Crippen LogP contribution in [0.3, 0.4) is 0 Å². The number of nitrogens with zero attached hydrogens (tertiary/aromatic N) is 1. The maximum atomic E-state index is 10.3. The van der Waals surface area contributed by atoms with Crippen molar-refractivity contribution in [3.63, 3.8) is 0 Å². The molecule has 0 aliphatic heterocycles. The van der Waals surface area contributed by atoms with Crippen LogP contribution < -0.4 is 0 Å². The normalized spacial score (nSPS) is 12.9. The summed E-state index contributed by atoms with van der Waals surface area (Å²) in [6.45, 7) is 0.750. The van der Waals surface area contributed by atoms with Gasteiger partial charge in [0.15, 0.2) is 0 Å². The summed E-state index contributed by atoms with van der Waals surface area (Å²) in [4.78, 5) is 0. The summed E-state index contributed by atoms with van der Waals surface area (Å²) in [7, 11) is -1.74. The minimum atomic E-state index is -3.92. The van der Waals surface area contributed by atoms with Crippen LogP contribution in [0.25, 0.3) is 0 Å². The molecule has 0 rings (SSSR count). The highest BCUT2D eigenvalue weighted by molar-refractivity contribution is 7.85. The van der Waals surface area contributed by atoms with Gasteiger partial charge < -0.3 is 9.04 Å². The van der Waals surface area contributed by atoms with Gasteiger partial charge in [-0.05, 0) is 0 Å². The molecule has 0 aromatic carbocycles. The Morgan fingerprint density at radius 2 is 1.44 bits per heavy atom. The van der Waals surface area contributed by atoms with Crippen LogP contribution in [0.1, 0.15) is 6.42 Å². The molecule has 0 atom stereocenters. The highest BCUT2D eigenvalue weighted by Gasteiger charge is 2.10. The Labute approximate surface area is 97.2 Å². The first-order chi connectivity index (χ1) is 6.71. The Hall–Kier alpha value is -0.220. The van der Waals surface area contributed by atoms with Crippen molar-refractivity contribution in [3.05, 3.63) is 0 Å². The molecule has 0 aromatic heterocycles. The van der Waals surface area contributed by atoms with Gasteiger partial charge in [-0.25, -0.2) is 8.42 Å². The summed E-state index contributed by atoms with van der Waals surface area (Å²) < 4.78 is 56.9. The molecule has 0 aliphatic rings. The lowest BCUT2D eigenvalue weighted by molar-refractivity contribution is -0.870. The molecule has 0 unspecified atom stereocenters. The SMILES string of the molecule is CS(=O)(=O)[O-].C[N+](C)(C)CCCS(=O)(=O)O. The third-order valence-electron chi connectivity index (χ3n) is 1.23. The third-order valence-corrected chi connectivity index (χ3v) is 2.04. The Bertz CT molecular complexity index is 370. The van der Waals surface area contributed by atoms with Crippen LogP contribution in [0.2, 0.25) is 0 Å². The average Bonchev–Trinajstić information content (AvgIpc) is 1.74. The Balaban J connectivity index is 0. The number of rotatable bonds is 4. The lowest BCUT2D eigenvalue weighted by Gasteiger charge is -2.23. The van der Waals surface area contributed by atoms with Gasteiger partial charge in [0, 0.05) is 12.7 Å². The molecular formula is C7H19NO6S2. The largest absolute Gasteiger partial charge is 0.748 e. The Kier molecular flexibility index (Phi) is 7.37. The van der Waals surface area contributed by atoms with Crippen molar-refractivity contribution >= 4 is 20.2 Å². The van der Waals surface area contributed by atoms with Gasteiger partial charge in [-0.1, -0.05) is 0 Å². The summed E-state index contributed by atoms with van der Waals surface area (Å²) in [5.41, 5.74) is 0. The molecule has 9 heteroatoms. The number of hydrogen-bond acceptors (Lipinski definition) is 5. The van der Waals surface area contributed by atoms with E-state index in [0.29, 0.717) is 12.7 Å². The lowest BCUT2D eigenvalue weighted by Crippen LogP contribution is -2.36. The molecule has 0 heterocycles. The van der Waals surface area contributed by atoms with E-state index >= 15 is 0 Å². The molecule has 0 aliphatic carbocycles.